The van der Waals surface area contributed by atoms with Gasteiger partial charge in [-0.05, 0) is 61.7 Å². The highest BCUT2D eigenvalue weighted by Gasteiger charge is 2.15. The number of nitrogens with one attached hydrogen (secondary N) is 1. The minimum atomic E-state index is -0.101. The molecule has 0 radical (unpaired) electrons. The van der Waals surface area contributed by atoms with Crippen LogP contribution in [0.3, 0.4) is 0 Å². The van der Waals surface area contributed by atoms with Crippen molar-refractivity contribution in [3.8, 4) is 11.5 Å². The third kappa shape index (κ3) is 4.49. The predicted molar refractivity (Wildman–Crippen MR) is 93.3 cm³/mol. The number of nitrogen functional groups attached to an aromatic ring is 1. The molecule has 126 valence electrons. The summed E-state index contributed by atoms with van der Waals surface area (Å²) in [4.78, 5) is 12.2. The molecule has 1 aliphatic heterocycles. The van der Waals surface area contributed by atoms with Crippen molar-refractivity contribution in [2.45, 2.75) is 25.4 Å². The van der Waals surface area contributed by atoms with E-state index >= 15 is 0 Å². The van der Waals surface area contributed by atoms with E-state index in [2.05, 4.69) is 5.32 Å². The molecule has 2 aromatic carbocycles. The van der Waals surface area contributed by atoms with Gasteiger partial charge in [-0.1, -0.05) is 6.07 Å². The summed E-state index contributed by atoms with van der Waals surface area (Å²) in [6.07, 6.45) is 3.34. The van der Waals surface area contributed by atoms with Crippen molar-refractivity contribution in [3.05, 3.63) is 54.1 Å². The number of anilines is 1. The zero-order valence-electron chi connectivity index (χ0n) is 13.5. The largest absolute Gasteiger partial charge is 0.457 e. The highest BCUT2D eigenvalue weighted by atomic mass is 16.5. The number of hydrogen-bond donors (Lipinski definition) is 2. The Hall–Kier alpha value is -2.53. The molecule has 1 amide bonds. The molecule has 2 aromatic rings. The first-order chi connectivity index (χ1) is 11.7. The lowest BCUT2D eigenvalue weighted by Gasteiger charge is -2.11. The number of carbonyl (C=O) groups excluding carboxylic acids is 1. The quantitative estimate of drug-likeness (QED) is 0.798. The Morgan fingerprint density at radius 2 is 2.04 bits per heavy atom. The van der Waals surface area contributed by atoms with E-state index in [1.807, 2.05) is 12.1 Å². The molecule has 1 fully saturated rings. The fraction of sp³-hybridized carbons (Fsp3) is 0.316. The molecule has 5 nitrogen and oxygen atoms in total. The Morgan fingerprint density at radius 1 is 1.21 bits per heavy atom. The van der Waals surface area contributed by atoms with Crippen LogP contribution in [0, 0.1) is 0 Å². The first kappa shape index (κ1) is 16.3. The van der Waals surface area contributed by atoms with Crippen LogP contribution < -0.4 is 15.8 Å². The van der Waals surface area contributed by atoms with Gasteiger partial charge >= 0.3 is 0 Å². The van der Waals surface area contributed by atoms with Crippen LogP contribution in [0.2, 0.25) is 0 Å². The lowest BCUT2D eigenvalue weighted by Crippen LogP contribution is -2.27. The summed E-state index contributed by atoms with van der Waals surface area (Å²) < 4.78 is 11.3. The summed E-state index contributed by atoms with van der Waals surface area (Å²) in [7, 11) is 0. The third-order valence-electron chi connectivity index (χ3n) is 3.99. The number of hydrogen-bond acceptors (Lipinski definition) is 4. The lowest BCUT2D eigenvalue weighted by atomic mass is 10.1. The summed E-state index contributed by atoms with van der Waals surface area (Å²) in [6, 6.07) is 14.3. The van der Waals surface area contributed by atoms with Crippen LogP contribution >= 0.6 is 0 Å². The second kappa shape index (κ2) is 7.84. The fourth-order valence-electron chi connectivity index (χ4n) is 2.69. The molecule has 0 saturated carbocycles. The van der Waals surface area contributed by atoms with Gasteiger partial charge in [0.25, 0.3) is 5.91 Å². The van der Waals surface area contributed by atoms with Crippen LogP contribution in [0.15, 0.2) is 48.5 Å². The van der Waals surface area contributed by atoms with Crippen molar-refractivity contribution in [2.75, 3.05) is 18.9 Å². The minimum absolute atomic E-state index is 0.101. The minimum Gasteiger partial charge on any atom is -0.457 e. The molecule has 3 rings (SSSR count). The molecule has 0 aromatic heterocycles. The van der Waals surface area contributed by atoms with Gasteiger partial charge in [0.15, 0.2) is 0 Å². The maximum absolute atomic E-state index is 12.2. The molecule has 0 bridgehead atoms. The summed E-state index contributed by atoms with van der Waals surface area (Å²) in [6.45, 7) is 1.45. The second-order valence-electron chi connectivity index (χ2n) is 5.88. The van der Waals surface area contributed by atoms with Crippen LogP contribution in [-0.4, -0.2) is 25.2 Å². The van der Waals surface area contributed by atoms with Crippen molar-refractivity contribution in [3.63, 3.8) is 0 Å². The SMILES string of the molecule is Nc1ccc(Oc2cccc(C(=O)NCCC3CCCO3)c2)cc1. The maximum Gasteiger partial charge on any atom is 0.251 e. The van der Waals surface area contributed by atoms with Gasteiger partial charge in [0, 0.05) is 24.4 Å². The molecule has 1 heterocycles. The van der Waals surface area contributed by atoms with Crippen molar-refractivity contribution in [1.29, 1.82) is 0 Å². The molecule has 3 N–H and O–H groups in total. The predicted octanol–water partition coefficient (Wildman–Crippen LogP) is 3.36. The van der Waals surface area contributed by atoms with Crippen molar-refractivity contribution >= 4 is 11.6 Å². The lowest BCUT2D eigenvalue weighted by molar-refractivity contribution is 0.0907. The highest BCUT2D eigenvalue weighted by molar-refractivity contribution is 5.94. The van der Waals surface area contributed by atoms with Gasteiger partial charge in [0.1, 0.15) is 11.5 Å². The Morgan fingerprint density at radius 3 is 2.79 bits per heavy atom. The second-order valence-corrected chi connectivity index (χ2v) is 5.88. The first-order valence-corrected chi connectivity index (χ1v) is 8.24. The summed E-state index contributed by atoms with van der Waals surface area (Å²) in [5.74, 6) is 1.20. The highest BCUT2D eigenvalue weighted by Crippen LogP contribution is 2.23. The fourth-order valence-corrected chi connectivity index (χ4v) is 2.69. The number of ether oxygens (including phenoxy) is 2. The van der Waals surface area contributed by atoms with E-state index in [4.69, 9.17) is 15.2 Å². The molecular formula is C19H22N2O3. The van der Waals surface area contributed by atoms with Crippen molar-refractivity contribution < 1.29 is 14.3 Å². The van der Waals surface area contributed by atoms with E-state index in [0.29, 0.717) is 29.3 Å². The van der Waals surface area contributed by atoms with Gasteiger partial charge in [-0.3, -0.25) is 4.79 Å². The van der Waals surface area contributed by atoms with Crippen molar-refractivity contribution in [1.82, 2.24) is 5.32 Å². The van der Waals surface area contributed by atoms with E-state index in [0.717, 1.165) is 25.9 Å². The van der Waals surface area contributed by atoms with Crippen LogP contribution in [0.1, 0.15) is 29.6 Å². The smallest absolute Gasteiger partial charge is 0.251 e. The van der Waals surface area contributed by atoms with Gasteiger partial charge in [-0.25, -0.2) is 0 Å². The number of benzene rings is 2. The van der Waals surface area contributed by atoms with Crippen LogP contribution in [0.25, 0.3) is 0 Å². The number of carbonyl (C=O) groups is 1. The van der Waals surface area contributed by atoms with Gasteiger partial charge in [0.2, 0.25) is 0 Å². The zero-order chi connectivity index (χ0) is 16.8. The molecule has 5 heteroatoms. The Bertz CT molecular complexity index is 679. The van der Waals surface area contributed by atoms with E-state index < -0.39 is 0 Å². The summed E-state index contributed by atoms with van der Waals surface area (Å²) in [5, 5.41) is 2.93. The van der Waals surface area contributed by atoms with E-state index in [9.17, 15) is 4.79 Å². The number of nitrogens with two attached hydrogens (primary N) is 1. The number of amides is 1. The Balaban J connectivity index is 1.55. The molecule has 0 spiro atoms. The molecule has 1 aliphatic rings. The van der Waals surface area contributed by atoms with E-state index in [1.54, 1.807) is 36.4 Å². The monoisotopic (exact) mass is 326 g/mol. The normalized spacial score (nSPS) is 16.8. The summed E-state index contributed by atoms with van der Waals surface area (Å²) in [5.41, 5.74) is 6.92. The maximum atomic E-state index is 12.2. The summed E-state index contributed by atoms with van der Waals surface area (Å²) >= 11 is 0. The molecule has 0 aliphatic carbocycles. The van der Waals surface area contributed by atoms with E-state index in [-0.39, 0.29) is 12.0 Å². The Labute approximate surface area is 141 Å². The molecule has 1 atom stereocenters. The van der Waals surface area contributed by atoms with E-state index in [1.165, 1.54) is 0 Å². The molecule has 1 unspecified atom stereocenters. The topological polar surface area (TPSA) is 73.6 Å². The van der Waals surface area contributed by atoms with Crippen LogP contribution in [0.5, 0.6) is 11.5 Å². The van der Waals surface area contributed by atoms with Gasteiger partial charge in [-0.2, -0.15) is 0 Å². The van der Waals surface area contributed by atoms with Gasteiger partial charge in [0.05, 0.1) is 6.10 Å². The first-order valence-electron chi connectivity index (χ1n) is 8.24. The average Bonchev–Trinajstić information content (AvgIpc) is 3.10. The molecule has 24 heavy (non-hydrogen) atoms. The molecule has 1 saturated heterocycles. The van der Waals surface area contributed by atoms with Crippen LogP contribution in [0.4, 0.5) is 5.69 Å². The van der Waals surface area contributed by atoms with Gasteiger partial charge in [-0.15, -0.1) is 0 Å². The average molecular weight is 326 g/mol. The zero-order valence-corrected chi connectivity index (χ0v) is 13.5. The van der Waals surface area contributed by atoms with Crippen molar-refractivity contribution in [2.24, 2.45) is 0 Å². The standard InChI is InChI=1S/C19H22N2O3/c20-15-6-8-17(9-7-15)24-18-4-1-3-14(13-18)19(22)21-11-10-16-5-2-12-23-16/h1,3-4,6-9,13,16H,2,5,10-12,20H2,(H,21,22). The third-order valence-corrected chi connectivity index (χ3v) is 3.99. The Kier molecular flexibility index (Phi) is 5.33. The number of rotatable bonds is 6. The van der Waals surface area contributed by atoms with Gasteiger partial charge < -0.3 is 20.5 Å². The molecular weight excluding hydrogens is 304 g/mol. The van der Waals surface area contributed by atoms with Crippen LogP contribution in [-0.2, 0) is 4.74 Å².